The molecule has 4 heteroatoms. The highest BCUT2D eigenvalue weighted by Crippen LogP contribution is 2.40. The molecule has 160 valence electrons. The van der Waals surface area contributed by atoms with Crippen molar-refractivity contribution in [3.8, 4) is 11.5 Å². The summed E-state index contributed by atoms with van der Waals surface area (Å²) < 4.78 is 23.1. The minimum atomic E-state index is -0.0958. The average molecular weight is 409 g/mol. The van der Waals surface area contributed by atoms with Crippen LogP contribution in [0.1, 0.15) is 45.7 Å². The molecule has 0 saturated carbocycles. The molecule has 2 heterocycles. The summed E-state index contributed by atoms with van der Waals surface area (Å²) in [7, 11) is 0. The van der Waals surface area contributed by atoms with Gasteiger partial charge in [0.1, 0.15) is 36.9 Å². The summed E-state index contributed by atoms with van der Waals surface area (Å²) in [5.74, 6) is 1.67. The number of benzene rings is 1. The molecular formula is C26H32O4. The maximum absolute atomic E-state index is 6.20. The van der Waals surface area contributed by atoms with Crippen LogP contribution in [0.5, 0.6) is 11.5 Å². The van der Waals surface area contributed by atoms with Gasteiger partial charge in [0.15, 0.2) is 0 Å². The van der Waals surface area contributed by atoms with Crippen LogP contribution in [0.15, 0.2) is 54.0 Å². The molecule has 0 bridgehead atoms. The van der Waals surface area contributed by atoms with Gasteiger partial charge in [-0.15, -0.1) is 11.5 Å². The molecule has 2 atom stereocenters. The molecule has 1 aromatic carbocycles. The molecule has 2 aliphatic heterocycles. The first-order valence-electron chi connectivity index (χ1n) is 10.5. The van der Waals surface area contributed by atoms with Gasteiger partial charge in [-0.3, -0.25) is 0 Å². The maximum Gasteiger partial charge on any atom is 0.128 e. The Balaban J connectivity index is 2.08. The standard InChI is InChI=1S/C26H32O4/c1-6-8-9-10-12-19(11-7-2)22-13-25(30-18-21-16-28-21)23(26(3,4)5)14-24(22)29-17-20-15-27-20/h6-7,9-11,13-14,20-21H,15-18H2,1-5H3/b11-7+. The van der Waals surface area contributed by atoms with Crippen molar-refractivity contribution in [3.05, 3.63) is 65.1 Å². The molecule has 0 radical (unpaired) electrons. The Morgan fingerprint density at radius 1 is 1.03 bits per heavy atom. The molecule has 3 rings (SSSR count). The van der Waals surface area contributed by atoms with Gasteiger partial charge >= 0.3 is 0 Å². The second-order valence-electron chi connectivity index (χ2n) is 8.47. The summed E-state index contributed by atoms with van der Waals surface area (Å²) in [5.41, 5.74) is 9.28. The molecule has 2 aliphatic rings. The summed E-state index contributed by atoms with van der Waals surface area (Å²) in [5, 5.41) is 0. The monoisotopic (exact) mass is 408 g/mol. The zero-order chi connectivity index (χ0) is 21.6. The minimum Gasteiger partial charge on any atom is -0.490 e. The number of allylic oxidation sites excluding steroid dienone is 4. The van der Waals surface area contributed by atoms with Crippen molar-refractivity contribution in [1.82, 2.24) is 0 Å². The van der Waals surface area contributed by atoms with E-state index < -0.39 is 0 Å². The van der Waals surface area contributed by atoms with Crippen LogP contribution in [0, 0.1) is 0 Å². The fourth-order valence-corrected chi connectivity index (χ4v) is 2.95. The number of hydrogen-bond donors (Lipinski definition) is 0. The predicted octanol–water partition coefficient (Wildman–Crippen LogP) is 5.39. The van der Waals surface area contributed by atoms with Gasteiger partial charge in [-0.05, 0) is 49.6 Å². The number of ether oxygens (including phenoxy) is 4. The summed E-state index contributed by atoms with van der Waals surface area (Å²) in [6.45, 7) is 13.1. The lowest BCUT2D eigenvalue weighted by molar-refractivity contribution is 0.252. The van der Waals surface area contributed by atoms with Crippen LogP contribution >= 0.6 is 0 Å². The van der Waals surface area contributed by atoms with E-state index in [1.807, 2.05) is 44.2 Å². The van der Waals surface area contributed by atoms with Crippen molar-refractivity contribution in [2.45, 2.75) is 52.2 Å². The molecule has 0 spiro atoms. The van der Waals surface area contributed by atoms with Crippen LogP contribution in [0.4, 0.5) is 0 Å². The zero-order valence-electron chi connectivity index (χ0n) is 18.7. The van der Waals surface area contributed by atoms with E-state index in [9.17, 15) is 0 Å². The summed E-state index contributed by atoms with van der Waals surface area (Å²) >= 11 is 0. The summed E-state index contributed by atoms with van der Waals surface area (Å²) in [6.07, 6.45) is 9.97. The Labute approximate surface area is 180 Å². The lowest BCUT2D eigenvalue weighted by atomic mass is 9.84. The highest BCUT2D eigenvalue weighted by Gasteiger charge is 2.28. The third-order valence-corrected chi connectivity index (χ3v) is 4.75. The highest BCUT2D eigenvalue weighted by atomic mass is 16.6. The van der Waals surface area contributed by atoms with Crippen LogP contribution in [0.3, 0.4) is 0 Å². The van der Waals surface area contributed by atoms with Gasteiger partial charge in [0.25, 0.3) is 0 Å². The van der Waals surface area contributed by atoms with Crippen LogP contribution in [-0.2, 0) is 14.9 Å². The number of hydrogen-bond acceptors (Lipinski definition) is 4. The molecule has 0 N–H and O–H groups in total. The number of epoxide rings is 2. The van der Waals surface area contributed by atoms with Crippen molar-refractivity contribution in [3.63, 3.8) is 0 Å². The quantitative estimate of drug-likeness (QED) is 0.312. The summed E-state index contributed by atoms with van der Waals surface area (Å²) in [6, 6.07) is 4.18. The number of rotatable bonds is 9. The molecule has 0 aromatic heterocycles. The fourth-order valence-electron chi connectivity index (χ4n) is 2.95. The fraction of sp³-hybridized carbons (Fsp3) is 0.462. The predicted molar refractivity (Wildman–Crippen MR) is 120 cm³/mol. The summed E-state index contributed by atoms with van der Waals surface area (Å²) in [4.78, 5) is 0. The Morgan fingerprint density at radius 2 is 1.67 bits per heavy atom. The first-order chi connectivity index (χ1) is 14.4. The van der Waals surface area contributed by atoms with E-state index in [1.54, 1.807) is 0 Å². The van der Waals surface area contributed by atoms with Crippen LogP contribution in [0.25, 0.3) is 5.57 Å². The van der Waals surface area contributed by atoms with Crippen LogP contribution < -0.4 is 9.47 Å². The molecule has 0 amide bonds. The van der Waals surface area contributed by atoms with Crippen molar-refractivity contribution in [2.75, 3.05) is 26.4 Å². The zero-order valence-corrected chi connectivity index (χ0v) is 18.7. The Kier molecular flexibility index (Phi) is 7.42. The van der Waals surface area contributed by atoms with Gasteiger partial charge < -0.3 is 18.9 Å². The largest absolute Gasteiger partial charge is 0.490 e. The van der Waals surface area contributed by atoms with E-state index in [0.717, 1.165) is 41.4 Å². The van der Waals surface area contributed by atoms with Gasteiger partial charge in [-0.1, -0.05) is 32.9 Å². The molecule has 0 aliphatic carbocycles. The van der Waals surface area contributed by atoms with E-state index in [2.05, 4.69) is 44.4 Å². The molecule has 2 unspecified atom stereocenters. The van der Waals surface area contributed by atoms with Crippen molar-refractivity contribution in [2.24, 2.45) is 0 Å². The van der Waals surface area contributed by atoms with Gasteiger partial charge in [0.05, 0.1) is 13.2 Å². The van der Waals surface area contributed by atoms with Gasteiger partial charge in [-0.2, -0.15) is 0 Å². The maximum atomic E-state index is 6.20. The third kappa shape index (κ3) is 6.52. The molecule has 4 nitrogen and oxygen atoms in total. The van der Waals surface area contributed by atoms with E-state index in [0.29, 0.717) is 13.2 Å². The lowest BCUT2D eigenvalue weighted by Gasteiger charge is -2.25. The van der Waals surface area contributed by atoms with Crippen molar-refractivity contribution < 1.29 is 18.9 Å². The average Bonchev–Trinajstić information content (AvgIpc) is 3.61. The molecule has 30 heavy (non-hydrogen) atoms. The van der Waals surface area contributed by atoms with E-state index >= 15 is 0 Å². The van der Waals surface area contributed by atoms with E-state index in [4.69, 9.17) is 18.9 Å². The second kappa shape index (κ2) is 10.0. The molecular weight excluding hydrogens is 376 g/mol. The second-order valence-corrected chi connectivity index (χ2v) is 8.47. The highest BCUT2D eigenvalue weighted by molar-refractivity contribution is 5.79. The first kappa shape index (κ1) is 22.2. The topological polar surface area (TPSA) is 43.5 Å². The minimum absolute atomic E-state index is 0.0958. The van der Waals surface area contributed by atoms with Crippen molar-refractivity contribution in [1.29, 1.82) is 0 Å². The smallest absolute Gasteiger partial charge is 0.128 e. The normalized spacial score (nSPS) is 19.5. The van der Waals surface area contributed by atoms with E-state index in [1.165, 1.54) is 0 Å². The molecule has 1 aromatic rings. The van der Waals surface area contributed by atoms with Crippen molar-refractivity contribution >= 4 is 5.57 Å². The van der Waals surface area contributed by atoms with E-state index in [-0.39, 0.29) is 17.6 Å². The first-order valence-corrected chi connectivity index (χ1v) is 10.5. The SMILES string of the molecule is CC=C=CC=C=C(/C=C/C)c1cc(OCC2CO2)c(C(C)(C)C)cc1OCC1CO1. The van der Waals surface area contributed by atoms with Gasteiger partial charge in [0.2, 0.25) is 0 Å². The lowest BCUT2D eigenvalue weighted by Crippen LogP contribution is -2.16. The van der Waals surface area contributed by atoms with Gasteiger partial charge in [0, 0.05) is 16.7 Å². The molecule has 2 saturated heterocycles. The van der Waals surface area contributed by atoms with Gasteiger partial charge in [-0.25, -0.2) is 0 Å². The molecule has 2 fully saturated rings. The van der Waals surface area contributed by atoms with Crippen LogP contribution in [-0.4, -0.2) is 38.6 Å². The Morgan fingerprint density at radius 3 is 2.20 bits per heavy atom. The van der Waals surface area contributed by atoms with Crippen LogP contribution in [0.2, 0.25) is 0 Å². The Bertz CT molecular complexity index is 896. The third-order valence-electron chi connectivity index (χ3n) is 4.75. The Hall–Kier alpha value is -2.48.